The monoisotopic (exact) mass is 327 g/mol. The zero-order valence-corrected chi connectivity index (χ0v) is 14.5. The van der Waals surface area contributed by atoms with E-state index in [1.54, 1.807) is 20.1 Å². The summed E-state index contributed by atoms with van der Waals surface area (Å²) in [5.74, 6) is 1.22. The molecule has 0 heterocycles. The van der Waals surface area contributed by atoms with Gasteiger partial charge in [-0.25, -0.2) is 0 Å². The van der Waals surface area contributed by atoms with Gasteiger partial charge < -0.3 is 14.8 Å². The average molecular weight is 327 g/mol. The van der Waals surface area contributed by atoms with Crippen LogP contribution in [0.5, 0.6) is 11.5 Å². The SMILES string of the molecule is COc1cccc(O[C@H](C)C(=O)NCCCc2cccc(C)c2)c1. The number of ether oxygens (including phenoxy) is 2. The highest BCUT2D eigenvalue weighted by atomic mass is 16.5. The lowest BCUT2D eigenvalue weighted by Gasteiger charge is -2.15. The largest absolute Gasteiger partial charge is 0.497 e. The van der Waals surface area contributed by atoms with Crippen LogP contribution in [0.15, 0.2) is 48.5 Å². The van der Waals surface area contributed by atoms with Crippen LogP contribution < -0.4 is 14.8 Å². The highest BCUT2D eigenvalue weighted by molar-refractivity contribution is 5.80. The van der Waals surface area contributed by atoms with E-state index in [0.29, 0.717) is 18.0 Å². The Balaban J connectivity index is 1.73. The molecular weight excluding hydrogens is 302 g/mol. The minimum absolute atomic E-state index is 0.109. The molecule has 2 rings (SSSR count). The van der Waals surface area contributed by atoms with Gasteiger partial charge in [0.05, 0.1) is 7.11 Å². The van der Waals surface area contributed by atoms with Crippen molar-refractivity contribution in [2.24, 2.45) is 0 Å². The first-order valence-electron chi connectivity index (χ1n) is 8.22. The third-order valence-electron chi connectivity index (χ3n) is 3.75. The van der Waals surface area contributed by atoms with Gasteiger partial charge in [0, 0.05) is 12.6 Å². The van der Waals surface area contributed by atoms with Gasteiger partial charge in [-0.05, 0) is 44.4 Å². The molecule has 128 valence electrons. The van der Waals surface area contributed by atoms with Crippen LogP contribution in [0, 0.1) is 6.92 Å². The van der Waals surface area contributed by atoms with Crippen LogP contribution in [0.25, 0.3) is 0 Å². The molecule has 0 aliphatic rings. The van der Waals surface area contributed by atoms with Crippen LogP contribution in [-0.2, 0) is 11.2 Å². The van der Waals surface area contributed by atoms with Crippen LogP contribution in [0.1, 0.15) is 24.5 Å². The molecule has 0 spiro atoms. The third kappa shape index (κ3) is 5.61. The number of aryl methyl sites for hydroxylation is 2. The van der Waals surface area contributed by atoms with Crippen LogP contribution in [-0.4, -0.2) is 25.7 Å². The molecule has 0 radical (unpaired) electrons. The maximum Gasteiger partial charge on any atom is 0.260 e. The molecule has 4 nitrogen and oxygen atoms in total. The van der Waals surface area contributed by atoms with E-state index >= 15 is 0 Å². The Morgan fingerprint density at radius 3 is 2.62 bits per heavy atom. The number of carbonyl (C=O) groups is 1. The van der Waals surface area contributed by atoms with Gasteiger partial charge in [0.2, 0.25) is 0 Å². The quantitative estimate of drug-likeness (QED) is 0.755. The van der Waals surface area contributed by atoms with Crippen molar-refractivity contribution in [1.29, 1.82) is 0 Å². The summed E-state index contributed by atoms with van der Waals surface area (Å²) < 4.78 is 10.8. The molecular formula is C20H25NO3. The van der Waals surface area contributed by atoms with Gasteiger partial charge in [-0.1, -0.05) is 35.9 Å². The van der Waals surface area contributed by atoms with Gasteiger partial charge >= 0.3 is 0 Å². The second-order valence-electron chi connectivity index (χ2n) is 5.82. The van der Waals surface area contributed by atoms with Crippen molar-refractivity contribution in [2.45, 2.75) is 32.8 Å². The summed E-state index contributed by atoms with van der Waals surface area (Å²) in [7, 11) is 1.60. The average Bonchev–Trinajstić information content (AvgIpc) is 2.58. The smallest absolute Gasteiger partial charge is 0.260 e. The van der Waals surface area contributed by atoms with Gasteiger partial charge in [0.1, 0.15) is 11.5 Å². The molecule has 1 atom stereocenters. The van der Waals surface area contributed by atoms with E-state index in [1.807, 2.05) is 18.2 Å². The highest BCUT2D eigenvalue weighted by Crippen LogP contribution is 2.19. The maximum absolute atomic E-state index is 12.1. The molecule has 0 saturated carbocycles. The normalized spacial score (nSPS) is 11.6. The van der Waals surface area contributed by atoms with Crippen LogP contribution in [0.2, 0.25) is 0 Å². The number of hydrogen-bond acceptors (Lipinski definition) is 3. The van der Waals surface area contributed by atoms with Gasteiger partial charge in [0.25, 0.3) is 5.91 Å². The number of rotatable bonds is 8. The third-order valence-corrected chi connectivity index (χ3v) is 3.75. The van der Waals surface area contributed by atoms with Crippen molar-refractivity contribution in [3.05, 3.63) is 59.7 Å². The summed E-state index contributed by atoms with van der Waals surface area (Å²) in [6.07, 6.45) is 1.31. The van der Waals surface area contributed by atoms with Crippen LogP contribution in [0.3, 0.4) is 0 Å². The van der Waals surface area contributed by atoms with Crippen molar-refractivity contribution >= 4 is 5.91 Å². The van der Waals surface area contributed by atoms with E-state index in [9.17, 15) is 4.79 Å². The standard InChI is InChI=1S/C20H25NO3/c1-15-7-4-8-17(13-15)9-6-12-21-20(22)16(2)24-19-11-5-10-18(14-19)23-3/h4-5,7-8,10-11,13-14,16H,6,9,12H2,1-3H3,(H,21,22)/t16-/m1/s1. The number of carbonyl (C=O) groups excluding carboxylic acids is 1. The molecule has 0 aromatic heterocycles. The fraction of sp³-hybridized carbons (Fsp3) is 0.350. The number of nitrogens with one attached hydrogen (secondary N) is 1. The number of amides is 1. The number of hydrogen-bond donors (Lipinski definition) is 1. The lowest BCUT2D eigenvalue weighted by atomic mass is 10.1. The molecule has 0 unspecified atom stereocenters. The Bertz CT molecular complexity index is 669. The van der Waals surface area contributed by atoms with Crippen molar-refractivity contribution in [2.75, 3.05) is 13.7 Å². The first-order valence-corrected chi connectivity index (χ1v) is 8.22. The molecule has 1 amide bonds. The highest BCUT2D eigenvalue weighted by Gasteiger charge is 2.14. The van der Waals surface area contributed by atoms with Crippen LogP contribution >= 0.6 is 0 Å². The predicted molar refractivity (Wildman–Crippen MR) is 95.6 cm³/mol. The second kappa shape index (κ2) is 8.96. The first-order chi connectivity index (χ1) is 11.6. The van der Waals surface area contributed by atoms with Crippen molar-refractivity contribution < 1.29 is 14.3 Å². The number of benzene rings is 2. The second-order valence-corrected chi connectivity index (χ2v) is 5.82. The fourth-order valence-electron chi connectivity index (χ4n) is 2.45. The Kier molecular flexibility index (Phi) is 6.67. The lowest BCUT2D eigenvalue weighted by Crippen LogP contribution is -2.36. The molecule has 0 aliphatic carbocycles. The predicted octanol–water partition coefficient (Wildman–Crippen LogP) is 3.52. The summed E-state index contributed by atoms with van der Waals surface area (Å²) in [4.78, 5) is 12.1. The summed E-state index contributed by atoms with van der Waals surface area (Å²) >= 11 is 0. The zero-order valence-electron chi connectivity index (χ0n) is 14.5. The van der Waals surface area contributed by atoms with Gasteiger partial charge in [-0.2, -0.15) is 0 Å². The molecule has 0 fully saturated rings. The molecule has 4 heteroatoms. The van der Waals surface area contributed by atoms with Crippen LogP contribution in [0.4, 0.5) is 0 Å². The Morgan fingerprint density at radius 2 is 1.88 bits per heavy atom. The molecule has 2 aromatic carbocycles. The molecule has 0 saturated heterocycles. The first kappa shape index (κ1) is 17.9. The Morgan fingerprint density at radius 1 is 1.12 bits per heavy atom. The number of methoxy groups -OCH3 is 1. The molecule has 1 N–H and O–H groups in total. The molecule has 24 heavy (non-hydrogen) atoms. The maximum atomic E-state index is 12.1. The van der Waals surface area contributed by atoms with Crippen molar-refractivity contribution in [3.63, 3.8) is 0 Å². The van der Waals surface area contributed by atoms with Gasteiger partial charge in [-0.15, -0.1) is 0 Å². The Labute approximate surface area is 143 Å². The van der Waals surface area contributed by atoms with E-state index in [0.717, 1.165) is 12.8 Å². The van der Waals surface area contributed by atoms with Crippen molar-refractivity contribution in [1.82, 2.24) is 5.32 Å². The lowest BCUT2D eigenvalue weighted by molar-refractivity contribution is -0.127. The van der Waals surface area contributed by atoms with Gasteiger partial charge in [0.15, 0.2) is 6.10 Å². The van der Waals surface area contributed by atoms with Gasteiger partial charge in [-0.3, -0.25) is 4.79 Å². The van der Waals surface area contributed by atoms with E-state index in [-0.39, 0.29) is 5.91 Å². The molecule has 0 aliphatic heterocycles. The Hall–Kier alpha value is -2.49. The van der Waals surface area contributed by atoms with Crippen molar-refractivity contribution in [3.8, 4) is 11.5 Å². The summed E-state index contributed by atoms with van der Waals surface area (Å²) in [6.45, 7) is 4.47. The van der Waals surface area contributed by atoms with E-state index in [2.05, 4.69) is 36.5 Å². The molecule has 0 bridgehead atoms. The summed E-state index contributed by atoms with van der Waals surface area (Å²) in [5.41, 5.74) is 2.56. The van der Waals surface area contributed by atoms with E-state index < -0.39 is 6.10 Å². The topological polar surface area (TPSA) is 47.6 Å². The summed E-state index contributed by atoms with van der Waals surface area (Å²) in [6, 6.07) is 15.7. The minimum atomic E-state index is -0.545. The summed E-state index contributed by atoms with van der Waals surface area (Å²) in [5, 5.41) is 2.92. The zero-order chi connectivity index (χ0) is 17.4. The van der Waals surface area contributed by atoms with E-state index in [4.69, 9.17) is 9.47 Å². The fourth-order valence-corrected chi connectivity index (χ4v) is 2.45. The molecule has 2 aromatic rings. The van der Waals surface area contributed by atoms with E-state index in [1.165, 1.54) is 11.1 Å². The minimum Gasteiger partial charge on any atom is -0.497 e.